The van der Waals surface area contributed by atoms with Gasteiger partial charge in [-0.3, -0.25) is 4.79 Å². The Kier molecular flexibility index (Phi) is 4.68. The van der Waals surface area contributed by atoms with Gasteiger partial charge in [0.1, 0.15) is 0 Å². The summed E-state index contributed by atoms with van der Waals surface area (Å²) in [5, 5.41) is 2.82. The fraction of sp³-hybridized carbons (Fsp3) is 0.533. The van der Waals surface area contributed by atoms with Crippen LogP contribution in [0.4, 0.5) is 0 Å². The third-order valence-electron chi connectivity index (χ3n) is 3.71. The molecule has 1 aliphatic heterocycles. The summed E-state index contributed by atoms with van der Waals surface area (Å²) in [6, 6.07) is 6.53. The molecule has 21 heavy (non-hydrogen) atoms. The lowest BCUT2D eigenvalue weighted by molar-refractivity contribution is 0.0709. The molecule has 6 heteroatoms. The molecule has 1 aromatic carbocycles. The molecule has 1 aromatic rings. The molecule has 0 radical (unpaired) electrons. The van der Waals surface area contributed by atoms with Crippen molar-refractivity contribution in [3.05, 3.63) is 29.8 Å². The fourth-order valence-corrected chi connectivity index (χ4v) is 3.42. The van der Waals surface area contributed by atoms with Crippen LogP contribution < -0.4 is 5.32 Å². The number of carbonyl (C=O) groups excluding carboxylic acids is 1. The Hall–Kier alpha value is -1.40. The Morgan fingerprint density at radius 1 is 1.29 bits per heavy atom. The lowest BCUT2D eigenvalue weighted by Gasteiger charge is -2.32. The van der Waals surface area contributed by atoms with Crippen molar-refractivity contribution in [2.75, 3.05) is 19.6 Å². The first-order valence-electron chi connectivity index (χ1n) is 7.19. The number of rotatable bonds is 3. The van der Waals surface area contributed by atoms with E-state index in [4.69, 9.17) is 0 Å². The van der Waals surface area contributed by atoms with E-state index in [0.29, 0.717) is 18.7 Å². The fourth-order valence-electron chi connectivity index (χ4n) is 2.36. The minimum Gasteiger partial charge on any atom is -0.336 e. The van der Waals surface area contributed by atoms with Gasteiger partial charge in [-0.2, -0.15) is 0 Å². The molecule has 1 N–H and O–H groups in total. The molecule has 2 rings (SSSR count). The van der Waals surface area contributed by atoms with E-state index in [9.17, 15) is 13.2 Å². The van der Waals surface area contributed by atoms with Gasteiger partial charge in [0.2, 0.25) is 0 Å². The summed E-state index contributed by atoms with van der Waals surface area (Å²) in [6.07, 6.45) is 0. The predicted octanol–water partition coefficient (Wildman–Crippen LogP) is 1.30. The highest BCUT2D eigenvalue weighted by atomic mass is 32.2. The van der Waals surface area contributed by atoms with Crippen molar-refractivity contribution in [3.63, 3.8) is 0 Å². The van der Waals surface area contributed by atoms with Gasteiger partial charge in [0.25, 0.3) is 5.91 Å². The summed E-state index contributed by atoms with van der Waals surface area (Å²) >= 11 is 0. The summed E-state index contributed by atoms with van der Waals surface area (Å²) in [7, 11) is -3.29. The topological polar surface area (TPSA) is 66.5 Å². The Morgan fingerprint density at radius 2 is 1.90 bits per heavy atom. The number of piperazine rings is 1. The number of carbonyl (C=O) groups is 1. The van der Waals surface area contributed by atoms with Crippen molar-refractivity contribution in [3.8, 4) is 0 Å². The molecule has 1 heterocycles. The molecule has 0 saturated carbocycles. The van der Waals surface area contributed by atoms with Gasteiger partial charge in [0.05, 0.1) is 10.1 Å². The van der Waals surface area contributed by atoms with Crippen molar-refractivity contribution in [1.82, 2.24) is 10.2 Å². The van der Waals surface area contributed by atoms with Crippen LogP contribution in [-0.2, 0) is 9.84 Å². The van der Waals surface area contributed by atoms with Gasteiger partial charge < -0.3 is 10.2 Å². The van der Waals surface area contributed by atoms with E-state index in [1.807, 2.05) is 6.92 Å². The van der Waals surface area contributed by atoms with Crippen LogP contribution in [0.3, 0.4) is 0 Å². The number of amides is 1. The first kappa shape index (κ1) is 16.0. The first-order valence-corrected chi connectivity index (χ1v) is 8.73. The minimum absolute atomic E-state index is 0.0446. The molecule has 0 bridgehead atoms. The van der Waals surface area contributed by atoms with Crippen molar-refractivity contribution in [2.45, 2.75) is 37.0 Å². The third-order valence-corrected chi connectivity index (χ3v) is 5.88. The van der Waals surface area contributed by atoms with E-state index < -0.39 is 15.1 Å². The maximum absolute atomic E-state index is 12.4. The van der Waals surface area contributed by atoms with Crippen LogP contribution >= 0.6 is 0 Å². The SMILES string of the molecule is CC1CN(C(=O)c2ccc(S(=O)(=O)C(C)C)cc2)CCN1. The molecule has 0 aromatic heterocycles. The van der Waals surface area contributed by atoms with E-state index in [0.717, 1.165) is 6.54 Å². The number of nitrogens with one attached hydrogen (secondary N) is 1. The highest BCUT2D eigenvalue weighted by Gasteiger charge is 2.23. The molecule has 1 aliphatic rings. The monoisotopic (exact) mass is 310 g/mol. The Morgan fingerprint density at radius 3 is 2.43 bits per heavy atom. The maximum Gasteiger partial charge on any atom is 0.253 e. The predicted molar refractivity (Wildman–Crippen MR) is 82.1 cm³/mol. The summed E-state index contributed by atoms with van der Waals surface area (Å²) < 4.78 is 24.1. The zero-order valence-corrected chi connectivity index (χ0v) is 13.5. The van der Waals surface area contributed by atoms with Crippen molar-refractivity contribution in [1.29, 1.82) is 0 Å². The van der Waals surface area contributed by atoms with Gasteiger partial charge in [-0.15, -0.1) is 0 Å². The second kappa shape index (κ2) is 6.15. The second-order valence-electron chi connectivity index (χ2n) is 5.72. The summed E-state index contributed by atoms with van der Waals surface area (Å²) in [6.45, 7) is 7.47. The Bertz CT molecular complexity index is 608. The average Bonchev–Trinajstić information content (AvgIpc) is 2.46. The van der Waals surface area contributed by atoms with Crippen LogP contribution in [0.5, 0.6) is 0 Å². The highest BCUT2D eigenvalue weighted by Crippen LogP contribution is 2.17. The molecular formula is C15H22N2O3S. The van der Waals surface area contributed by atoms with E-state index in [1.54, 1.807) is 30.9 Å². The van der Waals surface area contributed by atoms with Gasteiger partial charge in [0.15, 0.2) is 9.84 Å². The lowest BCUT2D eigenvalue weighted by Crippen LogP contribution is -2.51. The van der Waals surface area contributed by atoms with Crippen molar-refractivity contribution < 1.29 is 13.2 Å². The molecule has 1 fully saturated rings. The van der Waals surface area contributed by atoms with E-state index in [1.165, 1.54) is 12.1 Å². The number of hydrogen-bond acceptors (Lipinski definition) is 4. The van der Waals surface area contributed by atoms with Crippen LogP contribution in [0.25, 0.3) is 0 Å². The van der Waals surface area contributed by atoms with Crippen LogP contribution in [0, 0.1) is 0 Å². The van der Waals surface area contributed by atoms with Crippen molar-refractivity contribution in [2.24, 2.45) is 0 Å². The van der Waals surface area contributed by atoms with Gasteiger partial charge in [0, 0.05) is 31.2 Å². The van der Waals surface area contributed by atoms with E-state index in [-0.39, 0.29) is 16.8 Å². The molecule has 116 valence electrons. The maximum atomic E-state index is 12.4. The zero-order valence-electron chi connectivity index (χ0n) is 12.7. The smallest absolute Gasteiger partial charge is 0.253 e. The normalized spacial score (nSPS) is 19.8. The molecule has 1 amide bonds. The zero-order chi connectivity index (χ0) is 15.6. The van der Waals surface area contributed by atoms with E-state index >= 15 is 0 Å². The number of hydrogen-bond donors (Lipinski definition) is 1. The largest absolute Gasteiger partial charge is 0.336 e. The van der Waals surface area contributed by atoms with Gasteiger partial charge in [-0.1, -0.05) is 0 Å². The van der Waals surface area contributed by atoms with E-state index in [2.05, 4.69) is 5.32 Å². The minimum atomic E-state index is -3.29. The molecule has 1 atom stereocenters. The summed E-state index contributed by atoms with van der Waals surface area (Å²) in [5.41, 5.74) is 0.534. The van der Waals surface area contributed by atoms with Crippen molar-refractivity contribution >= 4 is 15.7 Å². The van der Waals surface area contributed by atoms with Crippen LogP contribution in [0.15, 0.2) is 29.2 Å². The highest BCUT2D eigenvalue weighted by molar-refractivity contribution is 7.92. The van der Waals surface area contributed by atoms with Gasteiger partial charge in [-0.25, -0.2) is 8.42 Å². The Balaban J connectivity index is 2.17. The molecule has 0 spiro atoms. The lowest BCUT2D eigenvalue weighted by atomic mass is 10.1. The molecular weight excluding hydrogens is 288 g/mol. The number of sulfone groups is 1. The number of nitrogens with zero attached hydrogens (tertiary/aromatic N) is 1. The van der Waals surface area contributed by atoms with Crippen LogP contribution in [0.2, 0.25) is 0 Å². The van der Waals surface area contributed by atoms with Gasteiger partial charge in [-0.05, 0) is 45.0 Å². The summed E-state index contributed by atoms with van der Waals surface area (Å²) in [4.78, 5) is 14.5. The number of benzene rings is 1. The molecule has 1 unspecified atom stereocenters. The second-order valence-corrected chi connectivity index (χ2v) is 8.23. The van der Waals surface area contributed by atoms with Gasteiger partial charge >= 0.3 is 0 Å². The first-order chi connectivity index (χ1) is 9.82. The molecule has 1 saturated heterocycles. The third kappa shape index (κ3) is 3.44. The quantitative estimate of drug-likeness (QED) is 0.914. The van der Waals surface area contributed by atoms with Crippen LogP contribution in [-0.4, -0.2) is 50.2 Å². The summed E-state index contributed by atoms with van der Waals surface area (Å²) in [5.74, 6) is -0.0446. The molecule has 0 aliphatic carbocycles. The Labute approximate surface area is 126 Å². The van der Waals surface area contributed by atoms with Crippen LogP contribution in [0.1, 0.15) is 31.1 Å². The average molecular weight is 310 g/mol. The molecule has 5 nitrogen and oxygen atoms in total. The standard InChI is InChI=1S/C15H22N2O3S/c1-11(2)21(19,20)14-6-4-13(5-7-14)15(18)17-9-8-16-12(3)10-17/h4-7,11-12,16H,8-10H2,1-3H3.